The highest BCUT2D eigenvalue weighted by atomic mass is 19.4. The largest absolute Gasteiger partial charge is 0.416 e. The molecule has 3 nitrogen and oxygen atoms in total. The lowest BCUT2D eigenvalue weighted by Gasteiger charge is -2.17. The molecule has 0 bridgehead atoms. The van der Waals surface area contributed by atoms with E-state index < -0.39 is 11.7 Å². The number of alkyl halides is 3. The quantitative estimate of drug-likeness (QED) is 0.692. The van der Waals surface area contributed by atoms with Gasteiger partial charge in [-0.25, -0.2) is 0 Å². The van der Waals surface area contributed by atoms with E-state index in [4.69, 9.17) is 0 Å². The zero-order valence-electron chi connectivity index (χ0n) is 15.2. The van der Waals surface area contributed by atoms with Crippen molar-refractivity contribution in [1.82, 2.24) is 5.32 Å². The highest BCUT2D eigenvalue weighted by molar-refractivity contribution is 5.96. The molecule has 0 saturated carbocycles. The molecule has 0 fully saturated rings. The maximum atomic E-state index is 12.6. The maximum Gasteiger partial charge on any atom is 0.416 e. The van der Waals surface area contributed by atoms with Gasteiger partial charge in [0.25, 0.3) is 0 Å². The van der Waals surface area contributed by atoms with Gasteiger partial charge in [0.05, 0.1) is 5.56 Å². The maximum absolute atomic E-state index is 12.6. The number of carbonyl (C=O) groups is 2. The Labute approximate surface area is 156 Å². The molecular formula is C21H22F3NO2. The van der Waals surface area contributed by atoms with Crippen LogP contribution in [0.2, 0.25) is 0 Å². The predicted octanol–water partition coefficient (Wildman–Crippen LogP) is 4.98. The third-order valence-electron chi connectivity index (χ3n) is 4.29. The fourth-order valence-corrected chi connectivity index (χ4v) is 2.80. The number of hydrogen-bond acceptors (Lipinski definition) is 2. The van der Waals surface area contributed by atoms with Crippen LogP contribution in [-0.2, 0) is 11.0 Å². The van der Waals surface area contributed by atoms with Crippen molar-refractivity contribution in [2.24, 2.45) is 0 Å². The smallest absolute Gasteiger partial charge is 0.353 e. The number of amides is 1. The van der Waals surface area contributed by atoms with E-state index in [1.165, 1.54) is 12.1 Å². The second-order valence-corrected chi connectivity index (χ2v) is 6.69. The minimum Gasteiger partial charge on any atom is -0.353 e. The van der Waals surface area contributed by atoms with Gasteiger partial charge in [-0.2, -0.15) is 13.2 Å². The van der Waals surface area contributed by atoms with E-state index in [-0.39, 0.29) is 36.5 Å². The fourth-order valence-electron chi connectivity index (χ4n) is 2.80. The summed E-state index contributed by atoms with van der Waals surface area (Å²) in [5.74, 6) is -0.528. The Balaban J connectivity index is 1.86. The lowest BCUT2D eigenvalue weighted by Crippen LogP contribution is -2.34. The molecule has 6 heteroatoms. The average molecular weight is 377 g/mol. The summed E-state index contributed by atoms with van der Waals surface area (Å²) in [4.78, 5) is 24.3. The summed E-state index contributed by atoms with van der Waals surface area (Å²) in [6.45, 7) is 3.53. The van der Waals surface area contributed by atoms with Crippen molar-refractivity contribution in [3.63, 3.8) is 0 Å². The molecule has 0 unspecified atom stereocenters. The molecule has 0 saturated heterocycles. The molecule has 144 valence electrons. The van der Waals surface area contributed by atoms with Crippen LogP contribution in [0.15, 0.2) is 54.6 Å². The van der Waals surface area contributed by atoms with Crippen molar-refractivity contribution in [3.05, 3.63) is 71.3 Å². The first-order chi connectivity index (χ1) is 12.7. The van der Waals surface area contributed by atoms with Crippen LogP contribution < -0.4 is 5.32 Å². The summed E-state index contributed by atoms with van der Waals surface area (Å²) in [6, 6.07) is 13.3. The second-order valence-electron chi connectivity index (χ2n) is 6.69. The normalized spacial score (nSPS) is 13.7. The second kappa shape index (κ2) is 8.84. The number of carbonyl (C=O) groups excluding carboxylic acids is 2. The van der Waals surface area contributed by atoms with Gasteiger partial charge >= 0.3 is 6.18 Å². The van der Waals surface area contributed by atoms with Crippen LogP contribution >= 0.6 is 0 Å². The topological polar surface area (TPSA) is 46.2 Å². The van der Waals surface area contributed by atoms with Crippen LogP contribution in [0, 0.1) is 0 Å². The number of Topliss-reactive ketones (excluding diaryl/α,β-unsaturated/α-hetero) is 1. The van der Waals surface area contributed by atoms with Gasteiger partial charge in [-0.05, 0) is 30.5 Å². The summed E-state index contributed by atoms with van der Waals surface area (Å²) in [5, 5.41) is 2.78. The molecule has 0 aliphatic carbocycles. The molecule has 0 aliphatic rings. The van der Waals surface area contributed by atoms with E-state index in [0.717, 1.165) is 12.1 Å². The zero-order chi connectivity index (χ0) is 20.0. The molecule has 0 aromatic heterocycles. The minimum atomic E-state index is -4.38. The minimum absolute atomic E-state index is 0.0563. The van der Waals surface area contributed by atoms with Crippen molar-refractivity contribution >= 4 is 11.7 Å². The molecule has 2 aromatic carbocycles. The van der Waals surface area contributed by atoms with Crippen LogP contribution in [0.1, 0.15) is 54.1 Å². The summed E-state index contributed by atoms with van der Waals surface area (Å²) in [6.07, 6.45) is -4.06. The van der Waals surface area contributed by atoms with E-state index in [1.807, 2.05) is 6.07 Å². The SMILES string of the molecule is C[C@@H](CC(=O)c1ccccc1)NC(=O)C[C@H](C)c1ccc(C(F)(F)F)cc1. The van der Waals surface area contributed by atoms with Crippen molar-refractivity contribution in [2.75, 3.05) is 0 Å². The van der Waals surface area contributed by atoms with E-state index in [1.54, 1.807) is 38.1 Å². The van der Waals surface area contributed by atoms with Gasteiger partial charge in [-0.3, -0.25) is 9.59 Å². The van der Waals surface area contributed by atoms with E-state index in [9.17, 15) is 22.8 Å². The number of nitrogens with one attached hydrogen (secondary N) is 1. The zero-order valence-corrected chi connectivity index (χ0v) is 15.2. The van der Waals surface area contributed by atoms with Crippen molar-refractivity contribution < 1.29 is 22.8 Å². The molecule has 0 spiro atoms. The molecule has 0 heterocycles. The van der Waals surface area contributed by atoms with Gasteiger partial charge < -0.3 is 5.32 Å². The first-order valence-electron chi connectivity index (χ1n) is 8.71. The Hall–Kier alpha value is -2.63. The van der Waals surface area contributed by atoms with Crippen LogP contribution in [-0.4, -0.2) is 17.7 Å². The summed E-state index contributed by atoms with van der Waals surface area (Å²) in [7, 11) is 0. The van der Waals surface area contributed by atoms with Gasteiger partial charge in [0.15, 0.2) is 5.78 Å². The van der Waals surface area contributed by atoms with Crippen molar-refractivity contribution in [2.45, 2.75) is 44.8 Å². The Kier molecular flexibility index (Phi) is 6.77. The van der Waals surface area contributed by atoms with Gasteiger partial charge in [0.2, 0.25) is 5.91 Å². The standard InChI is InChI=1S/C21H22F3NO2/c1-14(16-8-10-18(11-9-16)21(22,23)24)12-20(27)25-15(2)13-19(26)17-6-4-3-5-7-17/h3-11,14-15H,12-13H2,1-2H3,(H,25,27)/t14-,15-/m0/s1. The third-order valence-corrected chi connectivity index (χ3v) is 4.29. The number of benzene rings is 2. The predicted molar refractivity (Wildman–Crippen MR) is 97.5 cm³/mol. The molecule has 0 radical (unpaired) electrons. The van der Waals surface area contributed by atoms with Gasteiger partial charge in [0.1, 0.15) is 0 Å². The molecular weight excluding hydrogens is 355 g/mol. The summed E-state index contributed by atoms with van der Waals surface area (Å²) >= 11 is 0. The molecule has 2 atom stereocenters. The van der Waals surface area contributed by atoms with E-state index >= 15 is 0 Å². The summed E-state index contributed by atoms with van der Waals surface area (Å²) in [5.41, 5.74) is 0.541. The molecule has 1 amide bonds. The molecule has 1 N–H and O–H groups in total. The van der Waals surface area contributed by atoms with Crippen LogP contribution in [0.5, 0.6) is 0 Å². The lowest BCUT2D eigenvalue weighted by atomic mass is 9.96. The molecule has 27 heavy (non-hydrogen) atoms. The highest BCUT2D eigenvalue weighted by Gasteiger charge is 2.30. The van der Waals surface area contributed by atoms with Crippen LogP contribution in [0.3, 0.4) is 0 Å². The average Bonchev–Trinajstić information content (AvgIpc) is 2.61. The first kappa shape index (κ1) is 20.7. The monoisotopic (exact) mass is 377 g/mol. The fraction of sp³-hybridized carbons (Fsp3) is 0.333. The van der Waals surface area contributed by atoms with Crippen LogP contribution in [0.25, 0.3) is 0 Å². The van der Waals surface area contributed by atoms with Gasteiger partial charge in [0, 0.05) is 24.4 Å². The van der Waals surface area contributed by atoms with Gasteiger partial charge in [-0.15, -0.1) is 0 Å². The molecule has 0 aliphatic heterocycles. The number of ketones is 1. The van der Waals surface area contributed by atoms with E-state index in [2.05, 4.69) is 5.32 Å². The summed E-state index contributed by atoms with van der Waals surface area (Å²) < 4.78 is 37.8. The number of hydrogen-bond donors (Lipinski definition) is 1. The Morgan fingerprint density at radius 2 is 1.52 bits per heavy atom. The Bertz CT molecular complexity index is 770. The van der Waals surface area contributed by atoms with E-state index in [0.29, 0.717) is 11.1 Å². The third kappa shape index (κ3) is 6.24. The number of rotatable bonds is 7. The van der Waals surface area contributed by atoms with Crippen LogP contribution in [0.4, 0.5) is 13.2 Å². The first-order valence-corrected chi connectivity index (χ1v) is 8.71. The van der Waals surface area contributed by atoms with Crippen molar-refractivity contribution in [1.29, 1.82) is 0 Å². The Morgan fingerprint density at radius 3 is 2.07 bits per heavy atom. The Morgan fingerprint density at radius 1 is 0.926 bits per heavy atom. The van der Waals surface area contributed by atoms with Crippen molar-refractivity contribution in [3.8, 4) is 0 Å². The number of halogens is 3. The molecule has 2 rings (SSSR count). The van der Waals surface area contributed by atoms with Gasteiger partial charge in [-0.1, -0.05) is 49.4 Å². The molecule has 2 aromatic rings. The highest BCUT2D eigenvalue weighted by Crippen LogP contribution is 2.30. The lowest BCUT2D eigenvalue weighted by molar-refractivity contribution is -0.137.